The Labute approximate surface area is 246 Å². The number of unbranched alkanes of at least 4 members (excludes halogenated alkanes) is 1. The van der Waals surface area contributed by atoms with Gasteiger partial charge in [0.2, 0.25) is 0 Å². The van der Waals surface area contributed by atoms with Gasteiger partial charge in [0.25, 0.3) is 17.7 Å². The second-order valence-corrected chi connectivity index (χ2v) is 11.2. The van der Waals surface area contributed by atoms with Gasteiger partial charge in [0.1, 0.15) is 10.7 Å². The Bertz CT molecular complexity index is 1460. The molecule has 0 aliphatic carbocycles. The van der Waals surface area contributed by atoms with Crippen LogP contribution in [-0.4, -0.2) is 30.8 Å². The third-order valence-corrected chi connectivity index (χ3v) is 8.06. The highest BCUT2D eigenvalue weighted by atomic mass is 35.5. The lowest BCUT2D eigenvalue weighted by Gasteiger charge is -2.32. The zero-order valence-electron chi connectivity index (χ0n) is 23.5. The van der Waals surface area contributed by atoms with Crippen LogP contribution in [-0.2, 0) is 16.0 Å². The van der Waals surface area contributed by atoms with Crippen LogP contribution in [0.4, 0.5) is 22.7 Å². The minimum absolute atomic E-state index is 0.0213. The lowest BCUT2D eigenvalue weighted by atomic mass is 9.99. The van der Waals surface area contributed by atoms with E-state index in [0.29, 0.717) is 22.6 Å². The standard InChI is InChI=1S/C33H35ClN4O3/c1-3-4-6-23-9-13-28(14-10-23)38-32(40)29(34)30(33(38)41)35-26-8-5-7-24(21-26)31(39)36-25-11-15-27(16-12-25)37-19-17-22(2)18-20-37/h5,7-16,21-22,35H,3-4,6,17-20H2,1-2H3,(H,36,39). The van der Waals surface area contributed by atoms with Crippen molar-refractivity contribution in [3.8, 4) is 0 Å². The van der Waals surface area contributed by atoms with E-state index in [1.54, 1.807) is 36.4 Å². The van der Waals surface area contributed by atoms with Gasteiger partial charge in [-0.1, -0.05) is 50.1 Å². The maximum absolute atomic E-state index is 13.2. The van der Waals surface area contributed by atoms with E-state index in [2.05, 4.69) is 29.4 Å². The van der Waals surface area contributed by atoms with Gasteiger partial charge < -0.3 is 15.5 Å². The van der Waals surface area contributed by atoms with Crippen molar-refractivity contribution >= 4 is 52.1 Å². The molecule has 0 unspecified atom stereocenters. The summed E-state index contributed by atoms with van der Waals surface area (Å²) in [6.45, 7) is 6.52. The van der Waals surface area contributed by atoms with Gasteiger partial charge in [-0.15, -0.1) is 0 Å². The molecular weight excluding hydrogens is 536 g/mol. The van der Waals surface area contributed by atoms with Crippen molar-refractivity contribution in [1.29, 1.82) is 0 Å². The molecule has 1 saturated heterocycles. The van der Waals surface area contributed by atoms with Crippen LogP contribution in [0.25, 0.3) is 0 Å². The molecule has 1 fully saturated rings. The highest BCUT2D eigenvalue weighted by Gasteiger charge is 2.39. The minimum Gasteiger partial charge on any atom is -0.372 e. The first-order valence-electron chi connectivity index (χ1n) is 14.2. The summed E-state index contributed by atoms with van der Waals surface area (Å²) in [6.07, 6.45) is 5.49. The topological polar surface area (TPSA) is 81.8 Å². The normalized spacial score (nSPS) is 16.0. The van der Waals surface area contributed by atoms with Crippen molar-refractivity contribution in [1.82, 2.24) is 0 Å². The van der Waals surface area contributed by atoms with E-state index in [-0.39, 0.29) is 16.6 Å². The van der Waals surface area contributed by atoms with Gasteiger partial charge in [-0.2, -0.15) is 0 Å². The first-order chi connectivity index (χ1) is 19.8. The predicted octanol–water partition coefficient (Wildman–Crippen LogP) is 6.95. The van der Waals surface area contributed by atoms with Crippen LogP contribution in [0.15, 0.2) is 83.5 Å². The summed E-state index contributed by atoms with van der Waals surface area (Å²) in [5.41, 5.74) is 4.31. The number of nitrogens with one attached hydrogen (secondary N) is 2. The minimum atomic E-state index is -0.586. The number of piperidine rings is 1. The maximum atomic E-state index is 13.2. The van der Waals surface area contributed by atoms with Gasteiger partial charge in [-0.05, 0) is 91.8 Å². The van der Waals surface area contributed by atoms with E-state index in [1.807, 2.05) is 36.4 Å². The molecule has 0 spiro atoms. The highest BCUT2D eigenvalue weighted by Crippen LogP contribution is 2.31. The number of imide groups is 1. The van der Waals surface area contributed by atoms with Gasteiger partial charge >= 0.3 is 0 Å². The molecule has 0 radical (unpaired) electrons. The van der Waals surface area contributed by atoms with Crippen LogP contribution in [0.2, 0.25) is 0 Å². The fourth-order valence-corrected chi connectivity index (χ4v) is 5.36. The number of rotatable bonds is 9. The Balaban J connectivity index is 1.24. The fraction of sp³-hybridized carbons (Fsp3) is 0.303. The van der Waals surface area contributed by atoms with Gasteiger partial charge in [-0.25, -0.2) is 4.90 Å². The Morgan fingerprint density at radius 2 is 1.59 bits per heavy atom. The molecule has 0 bridgehead atoms. The molecule has 2 heterocycles. The number of carbonyl (C=O) groups excluding carboxylic acids is 3. The molecule has 41 heavy (non-hydrogen) atoms. The second-order valence-electron chi connectivity index (χ2n) is 10.8. The van der Waals surface area contributed by atoms with Crippen LogP contribution < -0.4 is 20.4 Å². The van der Waals surface area contributed by atoms with Crippen LogP contribution in [0.1, 0.15) is 55.5 Å². The Morgan fingerprint density at radius 3 is 2.27 bits per heavy atom. The largest absolute Gasteiger partial charge is 0.372 e. The monoisotopic (exact) mass is 570 g/mol. The fourth-order valence-electron chi connectivity index (χ4n) is 5.15. The molecule has 2 aliphatic heterocycles. The van der Waals surface area contributed by atoms with Crippen LogP contribution in [0.3, 0.4) is 0 Å². The number of hydrogen-bond acceptors (Lipinski definition) is 5. The maximum Gasteiger partial charge on any atom is 0.283 e. The third-order valence-electron chi connectivity index (χ3n) is 7.71. The van der Waals surface area contributed by atoms with E-state index in [1.165, 1.54) is 12.8 Å². The molecule has 3 aromatic rings. The zero-order chi connectivity index (χ0) is 28.9. The number of anilines is 4. The zero-order valence-corrected chi connectivity index (χ0v) is 24.2. The molecule has 3 aromatic carbocycles. The lowest BCUT2D eigenvalue weighted by Crippen LogP contribution is -2.32. The number of aryl methyl sites for hydroxylation is 1. The molecule has 2 aliphatic rings. The van der Waals surface area contributed by atoms with E-state index in [4.69, 9.17) is 11.6 Å². The summed E-state index contributed by atoms with van der Waals surface area (Å²) in [5.74, 6) is -0.649. The predicted molar refractivity (Wildman–Crippen MR) is 165 cm³/mol. The highest BCUT2D eigenvalue weighted by molar-refractivity contribution is 6.53. The van der Waals surface area contributed by atoms with Crippen molar-refractivity contribution in [2.45, 2.75) is 46.0 Å². The Kier molecular flexibility index (Phi) is 8.74. The summed E-state index contributed by atoms with van der Waals surface area (Å²) in [7, 11) is 0. The molecule has 0 saturated carbocycles. The SMILES string of the molecule is CCCCc1ccc(N2C(=O)C(Cl)=C(Nc3cccc(C(=O)Nc4ccc(N5CCC(C)CC5)cc4)c3)C2=O)cc1. The molecular formula is C33H35ClN4O3. The molecule has 0 atom stereocenters. The van der Waals surface area contributed by atoms with E-state index in [9.17, 15) is 14.4 Å². The number of benzene rings is 3. The number of hydrogen-bond donors (Lipinski definition) is 2. The van der Waals surface area contributed by atoms with E-state index < -0.39 is 11.8 Å². The van der Waals surface area contributed by atoms with Crippen molar-refractivity contribution in [3.63, 3.8) is 0 Å². The molecule has 3 amide bonds. The molecule has 5 rings (SSSR count). The molecule has 212 valence electrons. The average molecular weight is 571 g/mol. The average Bonchev–Trinajstić information content (AvgIpc) is 3.20. The first-order valence-corrected chi connectivity index (χ1v) is 14.6. The molecule has 2 N–H and O–H groups in total. The van der Waals surface area contributed by atoms with Gasteiger partial charge in [0.15, 0.2) is 0 Å². The second kappa shape index (κ2) is 12.6. The van der Waals surface area contributed by atoms with Crippen LogP contribution >= 0.6 is 11.6 Å². The molecule has 8 heteroatoms. The van der Waals surface area contributed by atoms with Gasteiger partial charge in [-0.3, -0.25) is 14.4 Å². The van der Waals surface area contributed by atoms with Crippen LogP contribution in [0, 0.1) is 5.92 Å². The van der Waals surface area contributed by atoms with E-state index in [0.717, 1.165) is 54.4 Å². The first kappa shape index (κ1) is 28.4. The summed E-state index contributed by atoms with van der Waals surface area (Å²) >= 11 is 6.33. The number of carbonyl (C=O) groups is 3. The van der Waals surface area contributed by atoms with Crippen molar-refractivity contribution < 1.29 is 14.4 Å². The van der Waals surface area contributed by atoms with Gasteiger partial charge in [0.05, 0.1) is 5.69 Å². The lowest BCUT2D eigenvalue weighted by molar-refractivity contribution is -0.120. The van der Waals surface area contributed by atoms with Crippen molar-refractivity contribution in [2.24, 2.45) is 5.92 Å². The number of nitrogens with zero attached hydrogens (tertiary/aromatic N) is 2. The Morgan fingerprint density at radius 1 is 0.902 bits per heavy atom. The van der Waals surface area contributed by atoms with Gasteiger partial charge in [0, 0.05) is 35.7 Å². The Hall–Kier alpha value is -4.10. The number of halogens is 1. The summed E-state index contributed by atoms with van der Waals surface area (Å²) in [5, 5.41) is 5.71. The number of amides is 3. The van der Waals surface area contributed by atoms with E-state index >= 15 is 0 Å². The summed E-state index contributed by atoms with van der Waals surface area (Å²) in [4.78, 5) is 42.6. The third kappa shape index (κ3) is 6.46. The van der Waals surface area contributed by atoms with Crippen molar-refractivity contribution in [3.05, 3.63) is 94.7 Å². The molecule has 7 nitrogen and oxygen atoms in total. The quantitative estimate of drug-likeness (QED) is 0.272. The summed E-state index contributed by atoms with van der Waals surface area (Å²) in [6, 6.07) is 22.0. The van der Waals surface area contributed by atoms with Crippen molar-refractivity contribution in [2.75, 3.05) is 33.5 Å². The molecule has 0 aromatic heterocycles. The summed E-state index contributed by atoms with van der Waals surface area (Å²) < 4.78 is 0. The smallest absolute Gasteiger partial charge is 0.283 e. The van der Waals surface area contributed by atoms with Crippen LogP contribution in [0.5, 0.6) is 0 Å².